The molecular formula is C14H14N2O3S. The van der Waals surface area contributed by atoms with Crippen molar-refractivity contribution >= 4 is 16.1 Å². The van der Waals surface area contributed by atoms with Crippen LogP contribution in [0.5, 0.6) is 0 Å². The number of urea groups is 1. The maximum absolute atomic E-state index is 11.9. The van der Waals surface area contributed by atoms with Crippen LogP contribution in [0.4, 0.5) is 4.79 Å². The van der Waals surface area contributed by atoms with Crippen LogP contribution in [0, 0.1) is 0 Å². The Morgan fingerprint density at radius 3 is 2.00 bits per heavy atom. The maximum atomic E-state index is 11.9. The molecule has 0 radical (unpaired) electrons. The number of carbonyl (C=O) groups is 1. The fourth-order valence-corrected chi connectivity index (χ4v) is 2.65. The van der Waals surface area contributed by atoms with Gasteiger partial charge in [0.05, 0.1) is 4.90 Å². The first kappa shape index (κ1) is 14.1. The predicted molar refractivity (Wildman–Crippen MR) is 76.7 cm³/mol. The van der Waals surface area contributed by atoms with Crippen LogP contribution in [0.25, 0.3) is 11.1 Å². The molecule has 0 saturated carbocycles. The second-order valence-electron chi connectivity index (χ2n) is 4.08. The largest absolute Gasteiger partial charge is 0.340 e. The summed E-state index contributed by atoms with van der Waals surface area (Å²) in [4.78, 5) is 11.1. The summed E-state index contributed by atoms with van der Waals surface area (Å²) in [6.07, 6.45) is 0. The van der Waals surface area contributed by atoms with E-state index in [2.05, 4.69) is 5.32 Å². The number of amides is 2. The third-order valence-electron chi connectivity index (χ3n) is 2.73. The Kier molecular flexibility index (Phi) is 4.05. The van der Waals surface area contributed by atoms with E-state index < -0.39 is 16.1 Å². The van der Waals surface area contributed by atoms with E-state index in [0.29, 0.717) is 0 Å². The zero-order chi connectivity index (χ0) is 14.6. The Bertz CT molecular complexity index is 695. The average Bonchev–Trinajstić information content (AvgIpc) is 2.48. The van der Waals surface area contributed by atoms with Crippen LogP contribution in [0.2, 0.25) is 0 Å². The molecule has 104 valence electrons. The number of sulfonamides is 1. The first-order chi connectivity index (χ1) is 9.53. The van der Waals surface area contributed by atoms with Gasteiger partial charge in [-0.15, -0.1) is 0 Å². The first-order valence-corrected chi connectivity index (χ1v) is 7.41. The fraction of sp³-hybridized carbons (Fsp3) is 0.0714. The third-order valence-corrected chi connectivity index (χ3v) is 4.07. The summed E-state index contributed by atoms with van der Waals surface area (Å²) in [6.45, 7) is 0. The summed E-state index contributed by atoms with van der Waals surface area (Å²) in [5.41, 5.74) is 1.90. The zero-order valence-corrected chi connectivity index (χ0v) is 11.6. The van der Waals surface area contributed by atoms with Crippen LogP contribution in [0.15, 0.2) is 59.5 Å². The summed E-state index contributed by atoms with van der Waals surface area (Å²) < 4.78 is 25.7. The van der Waals surface area contributed by atoms with Crippen molar-refractivity contribution in [1.29, 1.82) is 0 Å². The molecule has 0 spiro atoms. The van der Waals surface area contributed by atoms with Crippen LogP contribution in [-0.2, 0) is 10.0 Å². The third kappa shape index (κ3) is 3.16. The van der Waals surface area contributed by atoms with Gasteiger partial charge in [0.25, 0.3) is 10.0 Å². The van der Waals surface area contributed by atoms with Crippen molar-refractivity contribution in [3.8, 4) is 11.1 Å². The number of hydrogen-bond acceptors (Lipinski definition) is 3. The highest BCUT2D eigenvalue weighted by Gasteiger charge is 2.16. The molecule has 5 nitrogen and oxygen atoms in total. The molecule has 2 amide bonds. The number of rotatable bonds is 3. The summed E-state index contributed by atoms with van der Waals surface area (Å²) in [7, 11) is -2.48. The lowest BCUT2D eigenvalue weighted by Gasteiger charge is -2.07. The Morgan fingerprint density at radius 1 is 0.900 bits per heavy atom. The van der Waals surface area contributed by atoms with Crippen molar-refractivity contribution in [3.63, 3.8) is 0 Å². The summed E-state index contributed by atoms with van der Waals surface area (Å²) in [5, 5.41) is 2.20. The van der Waals surface area contributed by atoms with Crippen LogP contribution < -0.4 is 10.0 Å². The molecule has 2 N–H and O–H groups in total. The van der Waals surface area contributed by atoms with E-state index in [1.807, 2.05) is 35.1 Å². The van der Waals surface area contributed by atoms with Crippen molar-refractivity contribution in [2.45, 2.75) is 4.90 Å². The smallest absolute Gasteiger partial charge is 0.328 e. The second kappa shape index (κ2) is 5.75. The second-order valence-corrected chi connectivity index (χ2v) is 5.76. The van der Waals surface area contributed by atoms with Crippen LogP contribution >= 0.6 is 0 Å². The highest BCUT2D eigenvalue weighted by molar-refractivity contribution is 7.90. The van der Waals surface area contributed by atoms with Crippen molar-refractivity contribution < 1.29 is 13.2 Å². The van der Waals surface area contributed by atoms with E-state index in [-0.39, 0.29) is 4.90 Å². The molecule has 0 aliphatic heterocycles. The summed E-state index contributed by atoms with van der Waals surface area (Å²) in [6, 6.07) is 15.2. The lowest BCUT2D eigenvalue weighted by Crippen LogP contribution is -2.37. The molecule has 6 heteroatoms. The van der Waals surface area contributed by atoms with Gasteiger partial charge in [-0.2, -0.15) is 0 Å². The van der Waals surface area contributed by atoms with Crippen LogP contribution in [0.3, 0.4) is 0 Å². The highest BCUT2D eigenvalue weighted by atomic mass is 32.2. The van der Waals surface area contributed by atoms with Crippen LogP contribution in [0.1, 0.15) is 0 Å². The van der Waals surface area contributed by atoms with Gasteiger partial charge in [-0.25, -0.2) is 17.9 Å². The van der Waals surface area contributed by atoms with Gasteiger partial charge in [-0.3, -0.25) is 0 Å². The van der Waals surface area contributed by atoms with Gasteiger partial charge in [0.2, 0.25) is 0 Å². The number of nitrogens with one attached hydrogen (secondary N) is 2. The van der Waals surface area contributed by atoms with Gasteiger partial charge in [-0.05, 0) is 23.3 Å². The SMILES string of the molecule is CNC(=O)NS(=O)(=O)c1ccc(-c2ccccc2)cc1. The van der Waals surface area contributed by atoms with Gasteiger partial charge in [-0.1, -0.05) is 42.5 Å². The normalized spacial score (nSPS) is 10.8. The minimum Gasteiger partial charge on any atom is -0.340 e. The number of hydrogen-bond donors (Lipinski definition) is 2. The van der Waals surface area contributed by atoms with Crippen molar-refractivity contribution in [1.82, 2.24) is 10.0 Å². The summed E-state index contributed by atoms with van der Waals surface area (Å²) >= 11 is 0. The molecule has 0 heterocycles. The van der Waals surface area contributed by atoms with E-state index in [9.17, 15) is 13.2 Å². The van der Waals surface area contributed by atoms with Gasteiger partial charge >= 0.3 is 6.03 Å². The quantitative estimate of drug-likeness (QED) is 0.907. The molecule has 0 aliphatic rings. The van der Waals surface area contributed by atoms with Gasteiger partial charge in [0.15, 0.2) is 0 Å². The van der Waals surface area contributed by atoms with Crippen molar-refractivity contribution in [2.24, 2.45) is 0 Å². The molecule has 0 bridgehead atoms. The zero-order valence-electron chi connectivity index (χ0n) is 10.8. The predicted octanol–water partition coefficient (Wildman–Crippen LogP) is 1.97. The van der Waals surface area contributed by atoms with E-state index in [1.165, 1.54) is 19.2 Å². The first-order valence-electron chi connectivity index (χ1n) is 5.93. The lowest BCUT2D eigenvalue weighted by molar-refractivity contribution is 0.248. The molecule has 2 rings (SSSR count). The molecule has 2 aromatic carbocycles. The van der Waals surface area contributed by atoms with E-state index >= 15 is 0 Å². The van der Waals surface area contributed by atoms with Crippen molar-refractivity contribution in [2.75, 3.05) is 7.05 Å². The monoisotopic (exact) mass is 290 g/mol. The molecule has 0 saturated heterocycles. The summed E-state index contributed by atoms with van der Waals surface area (Å²) in [5.74, 6) is 0. The molecule has 0 atom stereocenters. The maximum Gasteiger partial charge on any atom is 0.328 e. The van der Waals surface area contributed by atoms with Gasteiger partial charge in [0.1, 0.15) is 0 Å². The Balaban J connectivity index is 2.27. The number of benzene rings is 2. The average molecular weight is 290 g/mol. The van der Waals surface area contributed by atoms with Gasteiger partial charge < -0.3 is 5.32 Å². The molecule has 0 unspecified atom stereocenters. The Hall–Kier alpha value is -2.34. The Morgan fingerprint density at radius 2 is 1.45 bits per heavy atom. The fourth-order valence-electron chi connectivity index (χ4n) is 1.69. The molecule has 0 fully saturated rings. The molecular weight excluding hydrogens is 276 g/mol. The van der Waals surface area contributed by atoms with Gasteiger partial charge in [0, 0.05) is 7.05 Å². The molecule has 20 heavy (non-hydrogen) atoms. The van der Waals surface area contributed by atoms with E-state index in [0.717, 1.165) is 11.1 Å². The van der Waals surface area contributed by atoms with Crippen molar-refractivity contribution in [3.05, 3.63) is 54.6 Å². The van der Waals surface area contributed by atoms with E-state index in [4.69, 9.17) is 0 Å². The standard InChI is InChI=1S/C14H14N2O3S/c1-15-14(17)16-20(18,19)13-9-7-12(8-10-13)11-5-3-2-4-6-11/h2-10H,1H3,(H2,15,16,17). The Labute approximate surface area is 117 Å². The topological polar surface area (TPSA) is 75.3 Å². The highest BCUT2D eigenvalue weighted by Crippen LogP contribution is 2.20. The molecule has 2 aromatic rings. The minimum absolute atomic E-state index is 0.0424. The van der Waals surface area contributed by atoms with Crippen LogP contribution in [-0.4, -0.2) is 21.5 Å². The number of carbonyl (C=O) groups excluding carboxylic acids is 1. The lowest BCUT2D eigenvalue weighted by atomic mass is 10.1. The minimum atomic E-state index is -3.83. The molecule has 0 aliphatic carbocycles. The van der Waals surface area contributed by atoms with E-state index in [1.54, 1.807) is 12.1 Å². The molecule has 0 aromatic heterocycles.